The maximum absolute atomic E-state index is 11.8. The Morgan fingerprint density at radius 1 is 1.26 bits per heavy atom. The Labute approximate surface area is 158 Å². The number of hydrogen-bond donors (Lipinski definition) is 2. The van der Waals surface area contributed by atoms with Crippen LogP contribution in [-0.4, -0.2) is 45.2 Å². The third kappa shape index (κ3) is 3.34. The predicted octanol–water partition coefficient (Wildman–Crippen LogP) is 3.48. The third-order valence-electron chi connectivity index (χ3n) is 5.38. The standard InChI is InChI=1S/C21H24N4O2/c1-2-24-12-6-9-17(14-24)25-19-11-10-16(21(26)23-27)13-18(19)22-20(25)15-7-4-3-5-8-15/h3-5,7-8,10-11,13,17,27H,2,6,9,12,14H2,1H3,(H,23,26). The van der Waals surface area contributed by atoms with Gasteiger partial charge in [-0.15, -0.1) is 0 Å². The van der Waals surface area contributed by atoms with Crippen molar-refractivity contribution < 1.29 is 10.0 Å². The summed E-state index contributed by atoms with van der Waals surface area (Å²) in [5.74, 6) is 0.401. The molecule has 1 amide bonds. The fourth-order valence-electron chi connectivity index (χ4n) is 3.99. The van der Waals surface area contributed by atoms with Gasteiger partial charge in [-0.2, -0.15) is 0 Å². The Morgan fingerprint density at radius 3 is 2.81 bits per heavy atom. The highest BCUT2D eigenvalue weighted by atomic mass is 16.5. The Hall–Kier alpha value is -2.70. The fraction of sp³-hybridized carbons (Fsp3) is 0.333. The van der Waals surface area contributed by atoms with Crippen molar-refractivity contribution in [1.82, 2.24) is 19.9 Å². The highest BCUT2D eigenvalue weighted by Crippen LogP contribution is 2.33. The quantitative estimate of drug-likeness (QED) is 0.549. The number of imidazole rings is 1. The number of likely N-dealkylation sites (tertiary alicyclic amines) is 1. The van der Waals surface area contributed by atoms with Gasteiger partial charge >= 0.3 is 0 Å². The van der Waals surface area contributed by atoms with Gasteiger partial charge in [0.2, 0.25) is 0 Å². The zero-order chi connectivity index (χ0) is 18.8. The van der Waals surface area contributed by atoms with E-state index in [1.807, 2.05) is 24.3 Å². The minimum atomic E-state index is -0.525. The molecule has 6 heteroatoms. The molecule has 3 aromatic rings. The van der Waals surface area contributed by atoms with E-state index in [-0.39, 0.29) is 0 Å². The molecule has 1 atom stereocenters. The smallest absolute Gasteiger partial charge is 0.274 e. The lowest BCUT2D eigenvalue weighted by Gasteiger charge is -2.33. The number of fused-ring (bicyclic) bond motifs is 1. The van der Waals surface area contributed by atoms with Crippen LogP contribution in [0.15, 0.2) is 48.5 Å². The van der Waals surface area contributed by atoms with E-state index in [1.165, 1.54) is 0 Å². The van der Waals surface area contributed by atoms with Gasteiger partial charge < -0.3 is 9.47 Å². The van der Waals surface area contributed by atoms with E-state index in [0.29, 0.717) is 11.6 Å². The number of hydrogen-bond acceptors (Lipinski definition) is 4. The van der Waals surface area contributed by atoms with Crippen molar-refractivity contribution in [3.63, 3.8) is 0 Å². The summed E-state index contributed by atoms with van der Waals surface area (Å²) in [4.78, 5) is 19.1. The minimum Gasteiger partial charge on any atom is -0.320 e. The molecule has 1 aromatic heterocycles. The van der Waals surface area contributed by atoms with Crippen LogP contribution in [-0.2, 0) is 0 Å². The number of aromatic nitrogens is 2. The lowest BCUT2D eigenvalue weighted by atomic mass is 10.0. The van der Waals surface area contributed by atoms with Crippen LogP contribution in [0.2, 0.25) is 0 Å². The Kier molecular flexibility index (Phi) is 4.92. The highest BCUT2D eigenvalue weighted by molar-refractivity contribution is 5.97. The Balaban J connectivity index is 1.87. The van der Waals surface area contributed by atoms with E-state index < -0.39 is 5.91 Å². The van der Waals surface area contributed by atoms with Crippen LogP contribution in [0.3, 0.4) is 0 Å². The zero-order valence-electron chi connectivity index (χ0n) is 15.4. The monoisotopic (exact) mass is 364 g/mol. The van der Waals surface area contributed by atoms with E-state index in [1.54, 1.807) is 17.6 Å². The summed E-state index contributed by atoms with van der Waals surface area (Å²) in [6, 6.07) is 15.9. The van der Waals surface area contributed by atoms with Crippen molar-refractivity contribution in [3.05, 3.63) is 54.1 Å². The first-order valence-corrected chi connectivity index (χ1v) is 9.45. The lowest BCUT2D eigenvalue weighted by Crippen LogP contribution is -2.36. The molecule has 4 rings (SSSR count). The number of nitrogens with zero attached hydrogens (tertiary/aromatic N) is 3. The van der Waals surface area contributed by atoms with E-state index in [0.717, 1.165) is 54.9 Å². The molecule has 0 radical (unpaired) electrons. The van der Waals surface area contributed by atoms with Gasteiger partial charge in [0.1, 0.15) is 5.82 Å². The molecule has 2 heterocycles. The number of carbonyl (C=O) groups is 1. The van der Waals surface area contributed by atoms with E-state index in [2.05, 4.69) is 28.5 Å². The second-order valence-corrected chi connectivity index (χ2v) is 7.01. The van der Waals surface area contributed by atoms with Crippen molar-refractivity contribution in [3.8, 4) is 11.4 Å². The largest absolute Gasteiger partial charge is 0.320 e. The fourth-order valence-corrected chi connectivity index (χ4v) is 3.99. The first-order chi connectivity index (χ1) is 13.2. The molecule has 27 heavy (non-hydrogen) atoms. The number of hydroxylamine groups is 1. The van der Waals surface area contributed by atoms with Gasteiger partial charge in [0.05, 0.1) is 11.0 Å². The summed E-state index contributed by atoms with van der Waals surface area (Å²) >= 11 is 0. The van der Waals surface area contributed by atoms with Gasteiger partial charge in [0, 0.05) is 23.7 Å². The second-order valence-electron chi connectivity index (χ2n) is 7.01. The van der Waals surface area contributed by atoms with Crippen LogP contribution < -0.4 is 5.48 Å². The molecule has 1 aliphatic heterocycles. The molecule has 1 aliphatic rings. The number of benzene rings is 2. The van der Waals surface area contributed by atoms with E-state index >= 15 is 0 Å². The number of nitrogens with one attached hydrogen (secondary N) is 1. The summed E-state index contributed by atoms with van der Waals surface area (Å²) in [7, 11) is 0. The van der Waals surface area contributed by atoms with Crippen molar-refractivity contribution in [2.45, 2.75) is 25.8 Å². The van der Waals surface area contributed by atoms with Gasteiger partial charge in [-0.05, 0) is 44.1 Å². The van der Waals surface area contributed by atoms with Crippen molar-refractivity contribution in [2.24, 2.45) is 0 Å². The maximum Gasteiger partial charge on any atom is 0.274 e. The average molecular weight is 364 g/mol. The molecule has 2 N–H and O–H groups in total. The Bertz CT molecular complexity index is 951. The van der Waals surface area contributed by atoms with Crippen molar-refractivity contribution in [1.29, 1.82) is 0 Å². The summed E-state index contributed by atoms with van der Waals surface area (Å²) in [6.07, 6.45) is 2.28. The van der Waals surface area contributed by atoms with E-state index in [9.17, 15) is 4.79 Å². The number of likely N-dealkylation sites (N-methyl/N-ethyl adjacent to an activating group) is 1. The van der Waals surface area contributed by atoms with Crippen LogP contribution in [0.4, 0.5) is 0 Å². The number of piperidine rings is 1. The first-order valence-electron chi connectivity index (χ1n) is 9.45. The third-order valence-corrected chi connectivity index (χ3v) is 5.38. The maximum atomic E-state index is 11.8. The molecule has 2 aromatic carbocycles. The Morgan fingerprint density at radius 2 is 2.07 bits per heavy atom. The van der Waals surface area contributed by atoms with Crippen LogP contribution >= 0.6 is 0 Å². The zero-order valence-corrected chi connectivity index (χ0v) is 15.4. The molecular formula is C21H24N4O2. The van der Waals surface area contributed by atoms with Crippen molar-refractivity contribution in [2.75, 3.05) is 19.6 Å². The molecular weight excluding hydrogens is 340 g/mol. The summed E-state index contributed by atoms with van der Waals surface area (Å²) < 4.78 is 2.33. The first kappa shape index (κ1) is 17.7. The van der Waals surface area contributed by atoms with Gasteiger partial charge in [-0.3, -0.25) is 10.0 Å². The van der Waals surface area contributed by atoms with Crippen molar-refractivity contribution >= 4 is 16.9 Å². The second kappa shape index (κ2) is 7.50. The molecule has 0 bridgehead atoms. The van der Waals surface area contributed by atoms with Crippen LogP contribution in [0, 0.1) is 0 Å². The van der Waals surface area contributed by atoms with Crippen LogP contribution in [0.25, 0.3) is 22.4 Å². The molecule has 140 valence electrons. The van der Waals surface area contributed by atoms with Crippen LogP contribution in [0.1, 0.15) is 36.2 Å². The lowest BCUT2D eigenvalue weighted by molar-refractivity contribution is 0.0706. The minimum absolute atomic E-state index is 0.344. The number of carbonyl (C=O) groups excluding carboxylic acids is 1. The van der Waals surface area contributed by atoms with Gasteiger partial charge in [-0.25, -0.2) is 10.5 Å². The average Bonchev–Trinajstić information content (AvgIpc) is 3.12. The van der Waals surface area contributed by atoms with Crippen LogP contribution in [0.5, 0.6) is 0 Å². The normalized spacial score (nSPS) is 17.9. The molecule has 1 unspecified atom stereocenters. The number of rotatable bonds is 4. The molecule has 1 saturated heterocycles. The molecule has 1 fully saturated rings. The molecule has 6 nitrogen and oxygen atoms in total. The summed E-state index contributed by atoms with van der Waals surface area (Å²) in [6.45, 7) is 5.39. The molecule has 0 saturated carbocycles. The predicted molar refractivity (Wildman–Crippen MR) is 105 cm³/mol. The summed E-state index contributed by atoms with van der Waals surface area (Å²) in [5, 5.41) is 8.93. The SMILES string of the molecule is CCN1CCCC(n2c(-c3ccccc3)nc3cc(C(=O)NO)ccc32)C1. The summed E-state index contributed by atoms with van der Waals surface area (Å²) in [5.41, 5.74) is 4.94. The van der Waals surface area contributed by atoms with Gasteiger partial charge in [0.25, 0.3) is 5.91 Å². The topological polar surface area (TPSA) is 70.4 Å². The van der Waals surface area contributed by atoms with Gasteiger partial charge in [0.15, 0.2) is 0 Å². The number of amides is 1. The van der Waals surface area contributed by atoms with E-state index in [4.69, 9.17) is 10.2 Å². The highest BCUT2D eigenvalue weighted by Gasteiger charge is 2.25. The molecule has 0 spiro atoms. The molecule has 0 aliphatic carbocycles. The van der Waals surface area contributed by atoms with Gasteiger partial charge in [-0.1, -0.05) is 37.3 Å².